The molecule has 4 N–H and O–H groups in total. The van der Waals surface area contributed by atoms with Crippen LogP contribution in [0.4, 0.5) is 16.3 Å². The Morgan fingerprint density at radius 1 is 1.31 bits per heavy atom. The van der Waals surface area contributed by atoms with Gasteiger partial charge in [0.1, 0.15) is 11.4 Å². The monoisotopic (exact) mass is 366 g/mol. The Kier molecular flexibility index (Phi) is 6.06. The van der Waals surface area contributed by atoms with Gasteiger partial charge in [0.05, 0.1) is 11.9 Å². The number of nitrogens with one attached hydrogen (secondary N) is 2. The van der Waals surface area contributed by atoms with E-state index in [1.165, 1.54) is 6.20 Å². The molecule has 0 unspecified atom stereocenters. The van der Waals surface area contributed by atoms with E-state index in [2.05, 4.69) is 15.3 Å². The van der Waals surface area contributed by atoms with Crippen LogP contribution in [-0.2, 0) is 9.53 Å². The van der Waals surface area contributed by atoms with Gasteiger partial charge in [-0.15, -0.1) is 0 Å². The van der Waals surface area contributed by atoms with E-state index < -0.39 is 17.4 Å². The zero-order valence-corrected chi connectivity index (χ0v) is 15.4. The molecule has 0 saturated carbocycles. The van der Waals surface area contributed by atoms with Crippen molar-refractivity contribution in [2.45, 2.75) is 32.8 Å². The smallest absolute Gasteiger partial charge is 0.407 e. The average molecular weight is 366 g/mol. The Morgan fingerprint density at radius 3 is 2.54 bits per heavy atom. The first-order chi connectivity index (χ1) is 12.2. The SMILES string of the molecule is CC(C)(C)OC(=O)NCCC(=O)N1CCN(c2cnc(=O)[nH]c2N)CC1. The van der Waals surface area contributed by atoms with Crippen molar-refractivity contribution in [3.63, 3.8) is 0 Å². The lowest BCUT2D eigenvalue weighted by atomic mass is 10.2. The van der Waals surface area contributed by atoms with Gasteiger partial charge in [0.2, 0.25) is 5.91 Å². The van der Waals surface area contributed by atoms with Crippen LogP contribution in [0.25, 0.3) is 0 Å². The first kappa shape index (κ1) is 19.5. The largest absolute Gasteiger partial charge is 0.444 e. The van der Waals surface area contributed by atoms with E-state index in [1.54, 1.807) is 25.7 Å². The number of aromatic amines is 1. The molecule has 0 bridgehead atoms. The summed E-state index contributed by atoms with van der Waals surface area (Å²) in [6, 6.07) is 0. The van der Waals surface area contributed by atoms with Crippen molar-refractivity contribution in [2.24, 2.45) is 0 Å². The number of carbonyl (C=O) groups is 2. The van der Waals surface area contributed by atoms with Crippen LogP contribution in [0.5, 0.6) is 0 Å². The number of H-pyrrole nitrogens is 1. The number of carbonyl (C=O) groups excluding carboxylic acids is 2. The van der Waals surface area contributed by atoms with E-state index >= 15 is 0 Å². The normalized spacial score (nSPS) is 14.9. The third-order valence-corrected chi connectivity index (χ3v) is 3.80. The number of anilines is 2. The molecule has 10 nitrogen and oxygen atoms in total. The molecule has 0 radical (unpaired) electrons. The fourth-order valence-corrected chi connectivity index (χ4v) is 2.59. The standard InChI is InChI=1S/C16H26N6O4/c1-16(2,3)26-15(25)18-5-4-12(23)22-8-6-21(7-9-22)11-10-19-14(24)20-13(11)17/h10H,4-9H2,1-3H3,(H,18,25)(H3,17,19,20,24). The Labute approximate surface area is 151 Å². The Balaban J connectivity index is 1.76. The molecule has 1 aliphatic rings. The topological polar surface area (TPSA) is 134 Å². The van der Waals surface area contributed by atoms with E-state index in [4.69, 9.17) is 10.5 Å². The van der Waals surface area contributed by atoms with Crippen molar-refractivity contribution in [2.75, 3.05) is 43.4 Å². The minimum Gasteiger partial charge on any atom is -0.444 e. The number of nitrogens with two attached hydrogens (primary N) is 1. The number of hydrogen-bond acceptors (Lipinski definition) is 7. The maximum absolute atomic E-state index is 12.3. The van der Waals surface area contributed by atoms with E-state index in [1.807, 2.05) is 4.90 Å². The summed E-state index contributed by atoms with van der Waals surface area (Å²) in [6.07, 6.45) is 1.12. The molecule has 0 aliphatic carbocycles. The molecular weight excluding hydrogens is 340 g/mol. The highest BCUT2D eigenvalue weighted by molar-refractivity contribution is 5.77. The molecule has 2 rings (SSSR count). The molecule has 0 aromatic carbocycles. The van der Waals surface area contributed by atoms with E-state index in [0.717, 1.165) is 0 Å². The van der Waals surface area contributed by atoms with Crippen molar-refractivity contribution < 1.29 is 14.3 Å². The van der Waals surface area contributed by atoms with Crippen molar-refractivity contribution in [1.29, 1.82) is 0 Å². The fourth-order valence-electron chi connectivity index (χ4n) is 2.59. The molecular formula is C16H26N6O4. The van der Waals surface area contributed by atoms with Gasteiger partial charge in [-0.3, -0.25) is 9.78 Å². The second-order valence-corrected chi connectivity index (χ2v) is 7.03. The third-order valence-electron chi connectivity index (χ3n) is 3.80. The number of nitrogens with zero attached hydrogens (tertiary/aromatic N) is 3. The lowest BCUT2D eigenvalue weighted by Crippen LogP contribution is -2.49. The Hall–Kier alpha value is -2.78. The summed E-state index contributed by atoms with van der Waals surface area (Å²) >= 11 is 0. The molecule has 2 amide bonds. The van der Waals surface area contributed by atoms with Crippen LogP contribution in [0.15, 0.2) is 11.0 Å². The summed E-state index contributed by atoms with van der Waals surface area (Å²) in [4.78, 5) is 44.8. The van der Waals surface area contributed by atoms with Crippen LogP contribution < -0.4 is 21.6 Å². The van der Waals surface area contributed by atoms with Gasteiger partial charge in [-0.2, -0.15) is 4.98 Å². The first-order valence-electron chi connectivity index (χ1n) is 8.50. The van der Waals surface area contributed by atoms with Gasteiger partial charge in [-0.05, 0) is 20.8 Å². The Bertz CT molecular complexity index is 703. The quantitative estimate of drug-likeness (QED) is 0.678. The molecule has 1 fully saturated rings. The lowest BCUT2D eigenvalue weighted by Gasteiger charge is -2.36. The summed E-state index contributed by atoms with van der Waals surface area (Å²) in [5.41, 5.74) is 5.42. The zero-order valence-electron chi connectivity index (χ0n) is 15.4. The number of hydrogen-bond donors (Lipinski definition) is 3. The minimum absolute atomic E-state index is 0.0340. The number of amides is 2. The number of ether oxygens (including phenoxy) is 1. The number of nitrogen functional groups attached to an aromatic ring is 1. The second kappa shape index (κ2) is 8.07. The minimum atomic E-state index is -0.567. The second-order valence-electron chi connectivity index (χ2n) is 7.03. The molecule has 2 heterocycles. The van der Waals surface area contributed by atoms with Gasteiger partial charge in [0, 0.05) is 39.1 Å². The van der Waals surface area contributed by atoms with Gasteiger partial charge in [0.25, 0.3) is 0 Å². The van der Waals surface area contributed by atoms with Crippen molar-refractivity contribution >= 4 is 23.5 Å². The van der Waals surface area contributed by atoms with Gasteiger partial charge in [-0.1, -0.05) is 0 Å². The highest BCUT2D eigenvalue weighted by Crippen LogP contribution is 2.19. The van der Waals surface area contributed by atoms with E-state index in [0.29, 0.717) is 31.9 Å². The van der Waals surface area contributed by atoms with Gasteiger partial charge in [-0.25, -0.2) is 9.59 Å². The van der Waals surface area contributed by atoms with Crippen LogP contribution in [0, 0.1) is 0 Å². The third kappa shape index (κ3) is 5.64. The van der Waals surface area contributed by atoms with E-state index in [9.17, 15) is 14.4 Å². The summed E-state index contributed by atoms with van der Waals surface area (Å²) in [5.74, 6) is 0.236. The molecule has 1 saturated heterocycles. The average Bonchev–Trinajstić information content (AvgIpc) is 2.53. The summed E-state index contributed by atoms with van der Waals surface area (Å²) in [7, 11) is 0. The molecule has 1 aromatic rings. The Morgan fingerprint density at radius 2 is 1.96 bits per heavy atom. The predicted molar refractivity (Wildman–Crippen MR) is 96.9 cm³/mol. The highest BCUT2D eigenvalue weighted by Gasteiger charge is 2.23. The number of alkyl carbamates (subject to hydrolysis) is 1. The number of piperazine rings is 1. The van der Waals surface area contributed by atoms with Crippen LogP contribution in [0.1, 0.15) is 27.2 Å². The maximum atomic E-state index is 12.3. The molecule has 0 atom stereocenters. The molecule has 26 heavy (non-hydrogen) atoms. The van der Waals surface area contributed by atoms with Crippen LogP contribution in [0.2, 0.25) is 0 Å². The van der Waals surface area contributed by atoms with Crippen molar-refractivity contribution in [3.8, 4) is 0 Å². The van der Waals surface area contributed by atoms with Crippen molar-refractivity contribution in [3.05, 3.63) is 16.7 Å². The fraction of sp³-hybridized carbons (Fsp3) is 0.625. The van der Waals surface area contributed by atoms with Crippen LogP contribution in [-0.4, -0.2) is 65.2 Å². The summed E-state index contributed by atoms with van der Waals surface area (Å²) < 4.78 is 5.12. The molecule has 0 spiro atoms. The first-order valence-corrected chi connectivity index (χ1v) is 8.50. The molecule has 1 aliphatic heterocycles. The van der Waals surface area contributed by atoms with Gasteiger partial charge < -0.3 is 25.6 Å². The molecule has 144 valence electrons. The van der Waals surface area contributed by atoms with Crippen LogP contribution >= 0.6 is 0 Å². The zero-order chi connectivity index (χ0) is 19.3. The van der Waals surface area contributed by atoms with Crippen LogP contribution in [0.3, 0.4) is 0 Å². The summed E-state index contributed by atoms with van der Waals surface area (Å²) in [6.45, 7) is 7.80. The molecule has 10 heteroatoms. The van der Waals surface area contributed by atoms with E-state index in [-0.39, 0.29) is 24.7 Å². The molecule has 1 aromatic heterocycles. The van der Waals surface area contributed by atoms with Gasteiger partial charge >= 0.3 is 11.8 Å². The highest BCUT2D eigenvalue weighted by atomic mass is 16.6. The van der Waals surface area contributed by atoms with Gasteiger partial charge in [0.15, 0.2) is 0 Å². The lowest BCUT2D eigenvalue weighted by molar-refractivity contribution is -0.131. The summed E-state index contributed by atoms with van der Waals surface area (Å²) in [5, 5.41) is 2.58. The maximum Gasteiger partial charge on any atom is 0.407 e. The van der Waals surface area contributed by atoms with Crippen molar-refractivity contribution in [1.82, 2.24) is 20.2 Å². The predicted octanol–water partition coefficient (Wildman–Crippen LogP) is -0.0845. The number of rotatable bonds is 4. The number of aromatic nitrogens is 2.